The lowest BCUT2D eigenvalue weighted by atomic mass is 10.1. The highest BCUT2D eigenvalue weighted by Gasteiger charge is 2.03. The van der Waals surface area contributed by atoms with E-state index in [4.69, 9.17) is 0 Å². The minimum absolute atomic E-state index is 0.00628. The number of allylic oxidation sites excluding steroid dienone is 4. The molecule has 1 heterocycles. The smallest absolute Gasteiger partial charge is 0.189 e. The van der Waals surface area contributed by atoms with E-state index in [1.54, 1.807) is 24.3 Å². The second kappa shape index (κ2) is 7.39. The summed E-state index contributed by atoms with van der Waals surface area (Å²) in [7, 11) is 0. The van der Waals surface area contributed by atoms with E-state index in [1.165, 1.54) is 0 Å². The summed E-state index contributed by atoms with van der Waals surface area (Å²) in [6, 6.07) is 8.98. The van der Waals surface area contributed by atoms with Crippen LogP contribution < -0.4 is 5.43 Å². The standard InChI is InChI=1S/C18H19NO2/c1-2-3-4-5-8-15(20)12-11-14-13-18(21)16-9-6-7-10-17(16)19-14/h3-10,13H,2,11-12H2,1H3,(H,19,21). The molecule has 2 aromatic rings. The van der Waals surface area contributed by atoms with Crippen molar-refractivity contribution in [3.05, 3.63) is 70.6 Å². The number of fused-ring (bicyclic) bond motifs is 1. The largest absolute Gasteiger partial charge is 0.358 e. The van der Waals surface area contributed by atoms with Crippen molar-refractivity contribution in [3.63, 3.8) is 0 Å². The first-order valence-corrected chi connectivity index (χ1v) is 7.17. The summed E-state index contributed by atoms with van der Waals surface area (Å²) in [5.41, 5.74) is 1.60. The molecule has 0 aliphatic heterocycles. The number of carbonyl (C=O) groups excluding carboxylic acids is 1. The molecule has 3 heteroatoms. The molecule has 0 atom stereocenters. The summed E-state index contributed by atoms with van der Waals surface area (Å²) in [4.78, 5) is 26.9. The predicted molar refractivity (Wildman–Crippen MR) is 86.5 cm³/mol. The maximum atomic E-state index is 12.0. The van der Waals surface area contributed by atoms with Gasteiger partial charge in [-0.3, -0.25) is 9.59 Å². The SMILES string of the molecule is CCC=CC=CC(=O)CCc1cc(=O)c2ccccc2[nH]1. The van der Waals surface area contributed by atoms with Crippen LogP contribution in [-0.4, -0.2) is 10.8 Å². The summed E-state index contributed by atoms with van der Waals surface area (Å²) >= 11 is 0. The molecule has 0 aliphatic rings. The van der Waals surface area contributed by atoms with Crippen LogP contribution in [0.3, 0.4) is 0 Å². The van der Waals surface area contributed by atoms with Gasteiger partial charge in [0.15, 0.2) is 11.2 Å². The minimum Gasteiger partial charge on any atom is -0.358 e. The van der Waals surface area contributed by atoms with Crippen LogP contribution in [0.2, 0.25) is 0 Å². The van der Waals surface area contributed by atoms with Gasteiger partial charge in [0.2, 0.25) is 0 Å². The van der Waals surface area contributed by atoms with Crippen LogP contribution in [0.5, 0.6) is 0 Å². The van der Waals surface area contributed by atoms with Crippen LogP contribution in [-0.2, 0) is 11.2 Å². The van der Waals surface area contributed by atoms with Crippen LogP contribution in [0.1, 0.15) is 25.5 Å². The first-order chi connectivity index (χ1) is 10.2. The van der Waals surface area contributed by atoms with Crippen LogP contribution >= 0.6 is 0 Å². The molecule has 0 bridgehead atoms. The molecule has 0 aliphatic carbocycles. The molecule has 1 aromatic heterocycles. The molecule has 3 nitrogen and oxygen atoms in total. The molecule has 0 saturated heterocycles. The molecular formula is C18H19NO2. The van der Waals surface area contributed by atoms with Crippen molar-refractivity contribution >= 4 is 16.7 Å². The molecule has 1 aromatic carbocycles. The van der Waals surface area contributed by atoms with Crippen molar-refractivity contribution in [1.82, 2.24) is 4.98 Å². The van der Waals surface area contributed by atoms with Crippen molar-refractivity contribution in [3.8, 4) is 0 Å². The number of ketones is 1. The van der Waals surface area contributed by atoms with E-state index in [9.17, 15) is 9.59 Å². The molecule has 0 spiro atoms. The molecule has 2 rings (SSSR count). The molecule has 0 fully saturated rings. The van der Waals surface area contributed by atoms with Gasteiger partial charge in [0, 0.05) is 29.1 Å². The van der Waals surface area contributed by atoms with Gasteiger partial charge in [0.25, 0.3) is 0 Å². The second-order valence-electron chi connectivity index (χ2n) is 4.87. The highest BCUT2D eigenvalue weighted by molar-refractivity contribution is 5.90. The van der Waals surface area contributed by atoms with E-state index in [1.807, 2.05) is 37.3 Å². The number of aromatic nitrogens is 1. The van der Waals surface area contributed by atoms with Crippen LogP contribution in [0.25, 0.3) is 10.9 Å². The fourth-order valence-electron chi connectivity index (χ4n) is 2.11. The molecule has 21 heavy (non-hydrogen) atoms. The van der Waals surface area contributed by atoms with Gasteiger partial charge in [-0.2, -0.15) is 0 Å². The maximum Gasteiger partial charge on any atom is 0.189 e. The molecule has 0 saturated carbocycles. The van der Waals surface area contributed by atoms with Gasteiger partial charge < -0.3 is 4.98 Å². The lowest BCUT2D eigenvalue weighted by Gasteiger charge is -2.03. The van der Waals surface area contributed by atoms with Crippen molar-refractivity contribution in [1.29, 1.82) is 0 Å². The lowest BCUT2D eigenvalue weighted by Crippen LogP contribution is -2.06. The van der Waals surface area contributed by atoms with E-state index in [0.29, 0.717) is 18.2 Å². The van der Waals surface area contributed by atoms with E-state index >= 15 is 0 Å². The Morgan fingerprint density at radius 1 is 1.24 bits per heavy atom. The Kier molecular flexibility index (Phi) is 5.27. The molecule has 1 N–H and O–H groups in total. The highest BCUT2D eigenvalue weighted by Crippen LogP contribution is 2.08. The van der Waals surface area contributed by atoms with Gasteiger partial charge in [-0.25, -0.2) is 0 Å². The van der Waals surface area contributed by atoms with Gasteiger partial charge in [-0.15, -0.1) is 0 Å². The Hall–Kier alpha value is -2.42. The Balaban J connectivity index is 2.04. The summed E-state index contributed by atoms with van der Waals surface area (Å²) in [6.45, 7) is 2.04. The van der Waals surface area contributed by atoms with Crippen molar-refractivity contribution in [2.24, 2.45) is 0 Å². The number of hydrogen-bond donors (Lipinski definition) is 1. The van der Waals surface area contributed by atoms with Gasteiger partial charge in [0.1, 0.15) is 0 Å². The van der Waals surface area contributed by atoms with E-state index < -0.39 is 0 Å². The number of para-hydroxylation sites is 1. The van der Waals surface area contributed by atoms with E-state index in [2.05, 4.69) is 4.98 Å². The van der Waals surface area contributed by atoms with E-state index in [-0.39, 0.29) is 11.2 Å². The van der Waals surface area contributed by atoms with Gasteiger partial charge in [0.05, 0.1) is 0 Å². The number of benzene rings is 1. The summed E-state index contributed by atoms with van der Waals surface area (Å²) in [5, 5.41) is 0.678. The van der Waals surface area contributed by atoms with Gasteiger partial charge in [-0.1, -0.05) is 37.3 Å². The van der Waals surface area contributed by atoms with Gasteiger partial charge in [-0.05, 0) is 31.1 Å². The Morgan fingerprint density at radius 2 is 2.05 bits per heavy atom. The first-order valence-electron chi connectivity index (χ1n) is 7.17. The normalized spacial score (nSPS) is 11.7. The summed E-state index contributed by atoms with van der Waals surface area (Å²) in [5.74, 6) is 0.0600. The quantitative estimate of drug-likeness (QED) is 0.650. The van der Waals surface area contributed by atoms with Crippen LogP contribution in [0.15, 0.2) is 59.4 Å². The number of aryl methyl sites for hydroxylation is 1. The number of H-pyrrole nitrogens is 1. The fourth-order valence-corrected chi connectivity index (χ4v) is 2.11. The zero-order chi connectivity index (χ0) is 15.1. The number of nitrogens with one attached hydrogen (secondary N) is 1. The molecule has 0 radical (unpaired) electrons. The fraction of sp³-hybridized carbons (Fsp3) is 0.222. The Labute approximate surface area is 124 Å². The highest BCUT2D eigenvalue weighted by atomic mass is 16.1. The van der Waals surface area contributed by atoms with Gasteiger partial charge >= 0.3 is 0 Å². The number of hydrogen-bond acceptors (Lipinski definition) is 2. The third-order valence-corrected chi connectivity index (χ3v) is 3.20. The average molecular weight is 281 g/mol. The molecule has 0 unspecified atom stereocenters. The maximum absolute atomic E-state index is 12.0. The number of rotatable bonds is 6. The van der Waals surface area contributed by atoms with E-state index in [0.717, 1.165) is 17.6 Å². The van der Waals surface area contributed by atoms with Crippen LogP contribution in [0, 0.1) is 0 Å². The Bertz CT molecular complexity index is 738. The van der Waals surface area contributed by atoms with Crippen molar-refractivity contribution in [2.45, 2.75) is 26.2 Å². The zero-order valence-electron chi connectivity index (χ0n) is 12.1. The lowest BCUT2D eigenvalue weighted by molar-refractivity contribution is -0.114. The zero-order valence-corrected chi connectivity index (χ0v) is 12.1. The predicted octanol–water partition coefficient (Wildman–Crippen LogP) is 3.55. The third-order valence-electron chi connectivity index (χ3n) is 3.20. The van der Waals surface area contributed by atoms with Crippen LogP contribution in [0.4, 0.5) is 0 Å². The van der Waals surface area contributed by atoms with Crippen molar-refractivity contribution in [2.75, 3.05) is 0 Å². The topological polar surface area (TPSA) is 49.9 Å². The molecule has 0 amide bonds. The average Bonchev–Trinajstić information content (AvgIpc) is 2.50. The summed E-state index contributed by atoms with van der Waals surface area (Å²) < 4.78 is 0. The monoisotopic (exact) mass is 281 g/mol. The minimum atomic E-state index is -0.00628. The second-order valence-corrected chi connectivity index (χ2v) is 4.87. The summed E-state index contributed by atoms with van der Waals surface area (Å²) in [6.07, 6.45) is 9.09. The number of carbonyl (C=O) groups is 1. The Morgan fingerprint density at radius 3 is 2.86 bits per heavy atom. The first kappa shape index (κ1) is 15.0. The number of aromatic amines is 1. The number of pyridine rings is 1. The molecule has 108 valence electrons. The van der Waals surface area contributed by atoms with Crippen molar-refractivity contribution < 1.29 is 4.79 Å². The molecular weight excluding hydrogens is 262 g/mol. The third kappa shape index (κ3) is 4.28.